The molecule has 0 atom stereocenters. The second-order valence-corrected chi connectivity index (χ2v) is 7.05. The first-order chi connectivity index (χ1) is 12.5. The Kier molecular flexibility index (Phi) is 6.13. The molecule has 26 heavy (non-hydrogen) atoms. The number of hydrogen-bond acceptors (Lipinski definition) is 7. The Hall–Kier alpha value is -2.09. The zero-order chi connectivity index (χ0) is 18.5. The van der Waals surface area contributed by atoms with Gasteiger partial charge < -0.3 is 24.8 Å². The van der Waals surface area contributed by atoms with Crippen molar-refractivity contribution in [2.45, 2.75) is 32.7 Å². The summed E-state index contributed by atoms with van der Waals surface area (Å²) >= 11 is 0. The Bertz CT molecular complexity index is 610. The molecule has 0 unspecified atom stereocenters. The molecule has 3 heterocycles. The number of carbonyl (C=O) groups excluding carboxylic acids is 1. The lowest BCUT2D eigenvalue weighted by atomic mass is 10.1. The molecule has 2 saturated heterocycles. The summed E-state index contributed by atoms with van der Waals surface area (Å²) in [7, 11) is 2.15. The molecule has 2 fully saturated rings. The first kappa shape index (κ1) is 18.7. The molecule has 1 aromatic heterocycles. The number of piperazine rings is 1. The number of aryl methyl sites for hydroxylation is 1. The molecule has 8 nitrogen and oxygen atoms in total. The smallest absolute Gasteiger partial charge is 0.409 e. The van der Waals surface area contributed by atoms with Gasteiger partial charge in [0.15, 0.2) is 0 Å². The number of amides is 1. The summed E-state index contributed by atoms with van der Waals surface area (Å²) in [4.78, 5) is 27.4. The van der Waals surface area contributed by atoms with Crippen molar-refractivity contribution < 1.29 is 9.53 Å². The van der Waals surface area contributed by atoms with E-state index in [2.05, 4.69) is 38.2 Å². The highest BCUT2D eigenvalue weighted by atomic mass is 16.6. The fourth-order valence-corrected chi connectivity index (χ4v) is 3.45. The maximum absolute atomic E-state index is 11.8. The number of aromatic nitrogens is 2. The Labute approximate surface area is 155 Å². The molecule has 0 bridgehead atoms. The molecule has 0 radical (unpaired) electrons. The van der Waals surface area contributed by atoms with Gasteiger partial charge in [0.05, 0.1) is 6.61 Å². The molecule has 2 aliphatic rings. The number of likely N-dealkylation sites (N-methyl/N-ethyl adjacent to an activating group) is 1. The van der Waals surface area contributed by atoms with E-state index < -0.39 is 0 Å². The third kappa shape index (κ3) is 4.75. The normalized spacial score (nSPS) is 19.5. The number of nitrogens with one attached hydrogen (secondary N) is 1. The van der Waals surface area contributed by atoms with Gasteiger partial charge in [-0.2, -0.15) is 0 Å². The second kappa shape index (κ2) is 8.53. The van der Waals surface area contributed by atoms with Gasteiger partial charge in [-0.3, -0.25) is 0 Å². The van der Waals surface area contributed by atoms with Crippen LogP contribution >= 0.6 is 0 Å². The van der Waals surface area contributed by atoms with Gasteiger partial charge >= 0.3 is 6.09 Å². The Morgan fingerprint density at radius 3 is 2.54 bits per heavy atom. The standard InChI is InChI=1S/C18H30N6O2/c1-4-26-18(25)24-7-5-15(6-8-24)21-16-13-17(20-14(2)19-16)23-11-9-22(3)10-12-23/h13,15H,4-12H2,1-3H3,(H,19,20,21). The van der Waals surface area contributed by atoms with Crippen LogP contribution in [0.1, 0.15) is 25.6 Å². The van der Waals surface area contributed by atoms with E-state index in [9.17, 15) is 4.79 Å². The maximum Gasteiger partial charge on any atom is 0.409 e. The molecule has 0 saturated carbocycles. The Morgan fingerprint density at radius 1 is 1.19 bits per heavy atom. The molecule has 144 valence electrons. The molecule has 0 aromatic carbocycles. The molecular formula is C18H30N6O2. The molecule has 3 rings (SSSR count). The SMILES string of the molecule is CCOC(=O)N1CCC(Nc2cc(N3CCN(C)CC3)nc(C)n2)CC1. The van der Waals surface area contributed by atoms with Crippen LogP contribution in [-0.2, 0) is 4.74 Å². The van der Waals surface area contributed by atoms with E-state index in [0.717, 1.165) is 56.5 Å². The summed E-state index contributed by atoms with van der Waals surface area (Å²) in [5.74, 6) is 2.66. The lowest BCUT2D eigenvalue weighted by Crippen LogP contribution is -2.45. The number of nitrogens with zero attached hydrogens (tertiary/aromatic N) is 5. The van der Waals surface area contributed by atoms with Gasteiger partial charge in [0, 0.05) is 51.4 Å². The zero-order valence-corrected chi connectivity index (χ0v) is 16.1. The number of piperidine rings is 1. The van der Waals surface area contributed by atoms with Crippen molar-refractivity contribution in [1.29, 1.82) is 0 Å². The van der Waals surface area contributed by atoms with Gasteiger partial charge in [-0.05, 0) is 33.7 Å². The fourth-order valence-electron chi connectivity index (χ4n) is 3.45. The predicted molar refractivity (Wildman–Crippen MR) is 102 cm³/mol. The van der Waals surface area contributed by atoms with Crippen LogP contribution in [0.2, 0.25) is 0 Å². The molecule has 8 heteroatoms. The topological polar surface area (TPSA) is 73.8 Å². The monoisotopic (exact) mass is 362 g/mol. The molecule has 1 N–H and O–H groups in total. The van der Waals surface area contributed by atoms with Crippen LogP contribution in [-0.4, -0.2) is 84.8 Å². The highest BCUT2D eigenvalue weighted by Crippen LogP contribution is 2.21. The minimum absolute atomic E-state index is 0.207. The maximum atomic E-state index is 11.8. The summed E-state index contributed by atoms with van der Waals surface area (Å²) in [5.41, 5.74) is 0. The summed E-state index contributed by atoms with van der Waals surface area (Å²) in [5, 5.41) is 3.53. The van der Waals surface area contributed by atoms with E-state index in [0.29, 0.717) is 25.7 Å². The first-order valence-electron chi connectivity index (χ1n) is 9.52. The van der Waals surface area contributed by atoms with E-state index in [4.69, 9.17) is 4.74 Å². The number of rotatable bonds is 4. The molecular weight excluding hydrogens is 332 g/mol. The zero-order valence-electron chi connectivity index (χ0n) is 16.1. The van der Waals surface area contributed by atoms with E-state index >= 15 is 0 Å². The molecule has 0 spiro atoms. The van der Waals surface area contributed by atoms with Crippen molar-refractivity contribution in [3.05, 3.63) is 11.9 Å². The number of likely N-dealkylation sites (tertiary alicyclic amines) is 1. The Balaban J connectivity index is 1.58. The van der Waals surface area contributed by atoms with E-state index in [1.165, 1.54) is 0 Å². The summed E-state index contributed by atoms with van der Waals surface area (Å²) in [6, 6.07) is 2.37. The third-order valence-corrected chi connectivity index (χ3v) is 5.02. The molecule has 1 amide bonds. The number of hydrogen-bond donors (Lipinski definition) is 1. The van der Waals surface area contributed by atoms with Crippen LogP contribution in [0.4, 0.5) is 16.4 Å². The fraction of sp³-hybridized carbons (Fsp3) is 0.722. The minimum Gasteiger partial charge on any atom is -0.450 e. The van der Waals surface area contributed by atoms with Gasteiger partial charge in [-0.15, -0.1) is 0 Å². The third-order valence-electron chi connectivity index (χ3n) is 5.02. The average molecular weight is 362 g/mol. The highest BCUT2D eigenvalue weighted by molar-refractivity contribution is 5.67. The molecule has 1 aromatic rings. The van der Waals surface area contributed by atoms with Crippen LogP contribution in [0.3, 0.4) is 0 Å². The van der Waals surface area contributed by atoms with E-state index in [1.807, 2.05) is 13.8 Å². The molecule has 0 aliphatic carbocycles. The van der Waals surface area contributed by atoms with Gasteiger partial charge in [0.25, 0.3) is 0 Å². The lowest BCUT2D eigenvalue weighted by molar-refractivity contribution is 0.0983. The summed E-state index contributed by atoms with van der Waals surface area (Å²) in [6.07, 6.45) is 1.58. The highest BCUT2D eigenvalue weighted by Gasteiger charge is 2.24. The van der Waals surface area contributed by atoms with E-state index in [-0.39, 0.29) is 6.09 Å². The van der Waals surface area contributed by atoms with Crippen LogP contribution in [0, 0.1) is 6.92 Å². The van der Waals surface area contributed by atoms with Gasteiger partial charge in [-0.25, -0.2) is 14.8 Å². The van der Waals surface area contributed by atoms with E-state index in [1.54, 1.807) is 4.90 Å². The van der Waals surface area contributed by atoms with Crippen LogP contribution in [0.5, 0.6) is 0 Å². The summed E-state index contributed by atoms with van der Waals surface area (Å²) in [6.45, 7) is 9.71. The number of anilines is 2. The van der Waals surface area contributed by atoms with Crippen LogP contribution in [0.15, 0.2) is 6.07 Å². The number of ether oxygens (including phenoxy) is 1. The summed E-state index contributed by atoms with van der Waals surface area (Å²) < 4.78 is 5.08. The van der Waals surface area contributed by atoms with Crippen molar-refractivity contribution in [1.82, 2.24) is 19.8 Å². The molecule has 2 aliphatic heterocycles. The second-order valence-electron chi connectivity index (χ2n) is 7.05. The predicted octanol–water partition coefficient (Wildman–Crippen LogP) is 1.57. The van der Waals surface area contributed by atoms with Gasteiger partial charge in [0.1, 0.15) is 17.5 Å². The van der Waals surface area contributed by atoms with Gasteiger partial charge in [-0.1, -0.05) is 0 Å². The number of carbonyl (C=O) groups is 1. The van der Waals surface area contributed by atoms with Crippen LogP contribution in [0.25, 0.3) is 0 Å². The van der Waals surface area contributed by atoms with Crippen molar-refractivity contribution in [3.8, 4) is 0 Å². The average Bonchev–Trinajstić information content (AvgIpc) is 2.62. The Morgan fingerprint density at radius 2 is 1.88 bits per heavy atom. The van der Waals surface area contributed by atoms with Gasteiger partial charge in [0.2, 0.25) is 0 Å². The van der Waals surface area contributed by atoms with Crippen molar-refractivity contribution in [2.24, 2.45) is 0 Å². The first-order valence-corrected chi connectivity index (χ1v) is 9.52. The van der Waals surface area contributed by atoms with Crippen LogP contribution < -0.4 is 10.2 Å². The largest absolute Gasteiger partial charge is 0.450 e. The van der Waals surface area contributed by atoms with Crippen molar-refractivity contribution in [3.63, 3.8) is 0 Å². The van der Waals surface area contributed by atoms with Crippen molar-refractivity contribution >= 4 is 17.7 Å². The minimum atomic E-state index is -0.207. The quantitative estimate of drug-likeness (QED) is 0.871. The van der Waals surface area contributed by atoms with Crippen molar-refractivity contribution in [2.75, 3.05) is 63.1 Å². The lowest BCUT2D eigenvalue weighted by Gasteiger charge is -2.34.